The standard InChI is InChI=1S/C16H16F3NO/c1-10(20)11-3-5-12(6-4-11)14-8-7-13(16(17,18)19)9-15(14)21-2/h3-10H,20H2,1-2H3. The fourth-order valence-electron chi connectivity index (χ4n) is 2.07. The second-order valence-electron chi connectivity index (χ2n) is 4.82. The van der Waals surface area contributed by atoms with Gasteiger partial charge in [-0.1, -0.05) is 30.3 Å². The van der Waals surface area contributed by atoms with Crippen molar-refractivity contribution in [2.45, 2.75) is 19.1 Å². The number of rotatable bonds is 3. The molecule has 0 aliphatic carbocycles. The average molecular weight is 295 g/mol. The minimum absolute atomic E-state index is 0.0893. The summed E-state index contributed by atoms with van der Waals surface area (Å²) < 4.78 is 43.2. The third-order valence-electron chi connectivity index (χ3n) is 3.28. The molecule has 1 atom stereocenters. The highest BCUT2D eigenvalue weighted by molar-refractivity contribution is 5.71. The maximum Gasteiger partial charge on any atom is 0.416 e. The predicted octanol–water partition coefficient (Wildman–Crippen LogP) is 4.40. The molecule has 2 aromatic rings. The molecule has 2 rings (SSSR count). The van der Waals surface area contributed by atoms with Crippen LogP contribution in [0.3, 0.4) is 0 Å². The van der Waals surface area contributed by atoms with E-state index in [0.717, 1.165) is 23.3 Å². The maximum absolute atomic E-state index is 12.7. The first-order chi connectivity index (χ1) is 9.82. The molecule has 1 unspecified atom stereocenters. The first kappa shape index (κ1) is 15.4. The number of hydrogen-bond donors (Lipinski definition) is 1. The fraction of sp³-hybridized carbons (Fsp3) is 0.250. The van der Waals surface area contributed by atoms with E-state index in [9.17, 15) is 13.2 Å². The molecular formula is C16H16F3NO. The van der Waals surface area contributed by atoms with Gasteiger partial charge in [0.1, 0.15) is 5.75 Å². The molecule has 0 radical (unpaired) electrons. The van der Waals surface area contributed by atoms with Crippen LogP contribution in [0, 0.1) is 0 Å². The van der Waals surface area contributed by atoms with E-state index in [4.69, 9.17) is 10.5 Å². The van der Waals surface area contributed by atoms with E-state index >= 15 is 0 Å². The van der Waals surface area contributed by atoms with Crippen LogP contribution in [-0.2, 0) is 6.18 Å². The highest BCUT2D eigenvalue weighted by Gasteiger charge is 2.31. The summed E-state index contributed by atoms with van der Waals surface area (Å²) in [7, 11) is 1.36. The molecule has 0 saturated heterocycles. The Morgan fingerprint density at radius 1 is 1.05 bits per heavy atom. The van der Waals surface area contributed by atoms with Crippen molar-refractivity contribution in [3.05, 3.63) is 53.6 Å². The summed E-state index contributed by atoms with van der Waals surface area (Å²) >= 11 is 0. The van der Waals surface area contributed by atoms with Gasteiger partial charge in [0.15, 0.2) is 0 Å². The Morgan fingerprint density at radius 3 is 2.14 bits per heavy atom. The molecule has 0 bridgehead atoms. The Hall–Kier alpha value is -2.01. The van der Waals surface area contributed by atoms with Gasteiger partial charge in [0, 0.05) is 11.6 Å². The molecule has 0 aliphatic heterocycles. The van der Waals surface area contributed by atoms with Crippen LogP contribution in [0.25, 0.3) is 11.1 Å². The summed E-state index contributed by atoms with van der Waals surface area (Å²) in [6.45, 7) is 1.87. The minimum Gasteiger partial charge on any atom is -0.496 e. The van der Waals surface area contributed by atoms with Crippen molar-refractivity contribution in [1.82, 2.24) is 0 Å². The summed E-state index contributed by atoms with van der Waals surface area (Å²) in [4.78, 5) is 0. The zero-order valence-electron chi connectivity index (χ0n) is 11.7. The average Bonchev–Trinajstić information content (AvgIpc) is 2.45. The number of halogens is 3. The molecule has 2 aromatic carbocycles. The van der Waals surface area contributed by atoms with Gasteiger partial charge in [-0.15, -0.1) is 0 Å². The molecule has 0 aliphatic rings. The molecular weight excluding hydrogens is 279 g/mol. The van der Waals surface area contributed by atoms with Gasteiger partial charge in [-0.05, 0) is 30.2 Å². The zero-order valence-corrected chi connectivity index (χ0v) is 11.7. The maximum atomic E-state index is 12.7. The monoisotopic (exact) mass is 295 g/mol. The van der Waals surface area contributed by atoms with Crippen molar-refractivity contribution in [2.75, 3.05) is 7.11 Å². The van der Waals surface area contributed by atoms with Crippen LogP contribution in [0.4, 0.5) is 13.2 Å². The van der Waals surface area contributed by atoms with E-state index in [2.05, 4.69) is 0 Å². The summed E-state index contributed by atoms with van der Waals surface area (Å²) in [6.07, 6.45) is -4.38. The van der Waals surface area contributed by atoms with Crippen LogP contribution in [0.5, 0.6) is 5.75 Å². The molecule has 2 N–H and O–H groups in total. The van der Waals surface area contributed by atoms with Crippen LogP contribution in [-0.4, -0.2) is 7.11 Å². The van der Waals surface area contributed by atoms with Crippen molar-refractivity contribution >= 4 is 0 Å². The number of nitrogens with two attached hydrogens (primary N) is 1. The normalized spacial score (nSPS) is 13.0. The number of ether oxygens (including phenoxy) is 1. The van der Waals surface area contributed by atoms with Crippen LogP contribution in [0.15, 0.2) is 42.5 Å². The lowest BCUT2D eigenvalue weighted by Gasteiger charge is -2.13. The molecule has 0 fully saturated rings. The lowest BCUT2D eigenvalue weighted by Crippen LogP contribution is -2.05. The molecule has 0 heterocycles. The van der Waals surface area contributed by atoms with Gasteiger partial charge in [0.25, 0.3) is 0 Å². The Bertz CT molecular complexity index is 618. The zero-order chi connectivity index (χ0) is 15.6. The first-order valence-corrected chi connectivity index (χ1v) is 6.44. The lowest BCUT2D eigenvalue weighted by atomic mass is 9.99. The number of alkyl halides is 3. The summed E-state index contributed by atoms with van der Waals surface area (Å²) in [5.41, 5.74) is 7.41. The van der Waals surface area contributed by atoms with Gasteiger partial charge in [-0.3, -0.25) is 0 Å². The summed E-state index contributed by atoms with van der Waals surface area (Å²) in [6, 6.07) is 10.8. The molecule has 2 nitrogen and oxygen atoms in total. The highest BCUT2D eigenvalue weighted by atomic mass is 19.4. The third kappa shape index (κ3) is 3.36. The van der Waals surface area contributed by atoms with Crippen molar-refractivity contribution in [2.24, 2.45) is 5.73 Å². The number of benzene rings is 2. The summed E-state index contributed by atoms with van der Waals surface area (Å²) in [5.74, 6) is 0.193. The van der Waals surface area contributed by atoms with Crippen molar-refractivity contribution in [1.29, 1.82) is 0 Å². The van der Waals surface area contributed by atoms with Crippen LogP contribution >= 0.6 is 0 Å². The second-order valence-corrected chi connectivity index (χ2v) is 4.82. The van der Waals surface area contributed by atoms with Gasteiger partial charge in [0.05, 0.1) is 12.7 Å². The van der Waals surface area contributed by atoms with Crippen LogP contribution in [0.2, 0.25) is 0 Å². The Labute approximate surface area is 121 Å². The molecule has 0 amide bonds. The van der Waals surface area contributed by atoms with E-state index < -0.39 is 11.7 Å². The highest BCUT2D eigenvalue weighted by Crippen LogP contribution is 2.37. The van der Waals surface area contributed by atoms with Crippen molar-refractivity contribution in [3.63, 3.8) is 0 Å². The molecule has 0 spiro atoms. The first-order valence-electron chi connectivity index (χ1n) is 6.44. The summed E-state index contributed by atoms with van der Waals surface area (Å²) in [5, 5.41) is 0. The Balaban J connectivity index is 2.44. The Morgan fingerprint density at radius 2 is 1.67 bits per heavy atom. The molecule has 0 saturated carbocycles. The van der Waals surface area contributed by atoms with Gasteiger partial charge in [-0.2, -0.15) is 13.2 Å². The van der Waals surface area contributed by atoms with E-state index in [1.54, 1.807) is 0 Å². The molecule has 0 aromatic heterocycles. The second kappa shape index (κ2) is 5.77. The number of hydrogen-bond acceptors (Lipinski definition) is 2. The van der Waals surface area contributed by atoms with E-state index in [1.165, 1.54) is 13.2 Å². The van der Waals surface area contributed by atoms with E-state index in [-0.39, 0.29) is 11.8 Å². The molecule has 5 heteroatoms. The predicted molar refractivity (Wildman–Crippen MR) is 76.0 cm³/mol. The Kier molecular flexibility index (Phi) is 4.23. The van der Waals surface area contributed by atoms with Crippen molar-refractivity contribution in [3.8, 4) is 16.9 Å². The fourth-order valence-corrected chi connectivity index (χ4v) is 2.07. The lowest BCUT2D eigenvalue weighted by molar-refractivity contribution is -0.137. The molecule has 112 valence electrons. The van der Waals surface area contributed by atoms with Gasteiger partial charge in [-0.25, -0.2) is 0 Å². The van der Waals surface area contributed by atoms with Crippen LogP contribution < -0.4 is 10.5 Å². The third-order valence-corrected chi connectivity index (χ3v) is 3.28. The van der Waals surface area contributed by atoms with Gasteiger partial charge >= 0.3 is 6.18 Å². The SMILES string of the molecule is COc1cc(C(F)(F)F)ccc1-c1ccc(C(C)N)cc1. The van der Waals surface area contributed by atoms with Gasteiger partial charge < -0.3 is 10.5 Å². The smallest absolute Gasteiger partial charge is 0.416 e. The largest absolute Gasteiger partial charge is 0.496 e. The van der Waals surface area contributed by atoms with Crippen LogP contribution in [0.1, 0.15) is 24.1 Å². The molecule has 21 heavy (non-hydrogen) atoms. The number of methoxy groups -OCH3 is 1. The topological polar surface area (TPSA) is 35.2 Å². The van der Waals surface area contributed by atoms with Crippen molar-refractivity contribution < 1.29 is 17.9 Å². The minimum atomic E-state index is -4.38. The van der Waals surface area contributed by atoms with Gasteiger partial charge in [0.2, 0.25) is 0 Å². The quantitative estimate of drug-likeness (QED) is 0.910. The van der Waals surface area contributed by atoms with E-state index in [1.807, 2.05) is 31.2 Å². The van der Waals surface area contributed by atoms with E-state index in [0.29, 0.717) is 5.56 Å².